The van der Waals surface area contributed by atoms with Crippen LogP contribution in [0.1, 0.15) is 24.0 Å². The van der Waals surface area contributed by atoms with Crippen LogP contribution in [0.5, 0.6) is 0 Å². The van der Waals surface area contributed by atoms with Gasteiger partial charge in [-0.25, -0.2) is 0 Å². The summed E-state index contributed by atoms with van der Waals surface area (Å²) in [5.41, 5.74) is 7.01. The maximum Gasteiger partial charge on any atom is 0.220 e. The second kappa shape index (κ2) is 6.58. The van der Waals surface area contributed by atoms with E-state index < -0.39 is 0 Å². The van der Waals surface area contributed by atoms with Gasteiger partial charge in [-0.3, -0.25) is 4.79 Å². The molecule has 1 saturated heterocycles. The number of amidine groups is 1. The van der Waals surface area contributed by atoms with E-state index in [0.717, 1.165) is 12.0 Å². The summed E-state index contributed by atoms with van der Waals surface area (Å²) < 4.78 is 0. The molecule has 1 unspecified atom stereocenters. The molecule has 7 heteroatoms. The molecule has 1 heterocycles. The van der Waals surface area contributed by atoms with Gasteiger partial charge in [-0.2, -0.15) is 0 Å². The van der Waals surface area contributed by atoms with Crippen molar-refractivity contribution in [1.82, 2.24) is 10.6 Å². The first-order chi connectivity index (χ1) is 9.60. The maximum absolute atomic E-state index is 11.1. The Morgan fingerprint density at radius 1 is 1.60 bits per heavy atom. The van der Waals surface area contributed by atoms with Crippen LogP contribution in [0.25, 0.3) is 0 Å². The monoisotopic (exact) mass is 296 g/mol. The molecule has 1 fully saturated rings. The molecule has 5 N–H and O–H groups in total. The van der Waals surface area contributed by atoms with E-state index in [-0.39, 0.29) is 17.8 Å². The van der Waals surface area contributed by atoms with E-state index in [1.165, 1.54) is 0 Å². The second-order valence-electron chi connectivity index (χ2n) is 4.71. The van der Waals surface area contributed by atoms with Gasteiger partial charge in [-0.05, 0) is 18.1 Å². The number of carbonyl (C=O) groups is 1. The van der Waals surface area contributed by atoms with E-state index in [9.17, 15) is 4.79 Å². The summed E-state index contributed by atoms with van der Waals surface area (Å²) in [5, 5.41) is 18.3. The van der Waals surface area contributed by atoms with Gasteiger partial charge in [-0.15, -0.1) is 0 Å². The minimum atomic E-state index is 0.0291. The number of piperidine rings is 1. The normalized spacial score (nSPS) is 19.8. The number of benzene rings is 1. The molecular weight excluding hydrogens is 280 g/mol. The molecule has 1 aromatic rings. The van der Waals surface area contributed by atoms with E-state index in [4.69, 9.17) is 22.5 Å². The molecule has 1 aliphatic heterocycles. The Kier molecular flexibility index (Phi) is 4.81. The molecule has 0 saturated carbocycles. The van der Waals surface area contributed by atoms with E-state index in [2.05, 4.69) is 15.8 Å². The van der Waals surface area contributed by atoms with E-state index >= 15 is 0 Å². The summed E-state index contributed by atoms with van der Waals surface area (Å²) in [5.74, 6) is 0.130. The van der Waals surface area contributed by atoms with Crippen molar-refractivity contribution in [2.24, 2.45) is 10.9 Å². The Labute approximate surface area is 122 Å². The number of rotatable bonds is 4. The Balaban J connectivity index is 1.95. The highest BCUT2D eigenvalue weighted by atomic mass is 35.5. The fourth-order valence-corrected chi connectivity index (χ4v) is 2.32. The van der Waals surface area contributed by atoms with Crippen LogP contribution in [0.15, 0.2) is 23.4 Å². The quantitative estimate of drug-likeness (QED) is 0.286. The molecule has 1 atom stereocenters. The molecule has 0 bridgehead atoms. The zero-order valence-corrected chi connectivity index (χ0v) is 11.7. The zero-order chi connectivity index (χ0) is 14.5. The molecule has 0 aliphatic carbocycles. The third-order valence-corrected chi connectivity index (χ3v) is 3.66. The van der Waals surface area contributed by atoms with Gasteiger partial charge in [0.1, 0.15) is 0 Å². The lowest BCUT2D eigenvalue weighted by molar-refractivity contribution is -0.122. The fourth-order valence-electron chi connectivity index (χ4n) is 2.07. The predicted molar refractivity (Wildman–Crippen MR) is 76.8 cm³/mol. The second-order valence-corrected chi connectivity index (χ2v) is 5.12. The fraction of sp³-hybridized carbons (Fsp3) is 0.385. The van der Waals surface area contributed by atoms with Crippen molar-refractivity contribution >= 4 is 23.3 Å². The molecule has 2 rings (SSSR count). The lowest BCUT2D eigenvalue weighted by Gasteiger charge is -2.23. The summed E-state index contributed by atoms with van der Waals surface area (Å²) in [6.07, 6.45) is 1.37. The van der Waals surface area contributed by atoms with Gasteiger partial charge in [0.2, 0.25) is 5.91 Å². The van der Waals surface area contributed by atoms with Crippen LogP contribution >= 0.6 is 11.6 Å². The van der Waals surface area contributed by atoms with Gasteiger partial charge in [0, 0.05) is 36.1 Å². The third-order valence-electron chi connectivity index (χ3n) is 3.30. The number of hydrogen-bond donors (Lipinski definition) is 4. The predicted octanol–water partition coefficient (Wildman–Crippen LogP) is 0.803. The van der Waals surface area contributed by atoms with Crippen molar-refractivity contribution in [1.29, 1.82) is 0 Å². The van der Waals surface area contributed by atoms with Gasteiger partial charge in [-0.1, -0.05) is 28.9 Å². The highest BCUT2D eigenvalue weighted by molar-refractivity contribution is 6.31. The minimum absolute atomic E-state index is 0.0291. The van der Waals surface area contributed by atoms with Crippen LogP contribution in [-0.2, 0) is 11.3 Å². The number of amides is 1. The van der Waals surface area contributed by atoms with E-state index in [1.54, 1.807) is 12.1 Å². The van der Waals surface area contributed by atoms with E-state index in [0.29, 0.717) is 30.1 Å². The van der Waals surface area contributed by atoms with E-state index in [1.807, 2.05) is 6.07 Å². The Hall–Kier alpha value is -1.79. The number of nitrogens with one attached hydrogen (secondary N) is 2. The van der Waals surface area contributed by atoms with Crippen LogP contribution in [-0.4, -0.2) is 29.5 Å². The van der Waals surface area contributed by atoms with Crippen molar-refractivity contribution in [3.05, 3.63) is 34.3 Å². The van der Waals surface area contributed by atoms with Gasteiger partial charge >= 0.3 is 0 Å². The summed E-state index contributed by atoms with van der Waals surface area (Å²) in [4.78, 5) is 11.1. The molecular formula is C13H17ClN4O2. The topological polar surface area (TPSA) is 99.7 Å². The number of oxime groups is 1. The van der Waals surface area contributed by atoms with Gasteiger partial charge in [0.05, 0.1) is 0 Å². The molecule has 0 radical (unpaired) electrons. The number of hydrogen-bond acceptors (Lipinski definition) is 4. The molecule has 0 spiro atoms. The standard InChI is InChI=1S/C13H17ClN4O2/c14-11-5-8(13(15)18-20)1-2-9(11)6-16-10-3-4-12(19)17-7-10/h1-2,5,10,16,20H,3-4,6-7H2,(H2,15,18)(H,17,19). The summed E-state index contributed by atoms with van der Waals surface area (Å²) in [7, 11) is 0. The molecule has 6 nitrogen and oxygen atoms in total. The molecule has 108 valence electrons. The van der Waals surface area contributed by atoms with Crippen LogP contribution in [0.4, 0.5) is 0 Å². The third kappa shape index (κ3) is 3.61. The number of nitrogens with zero attached hydrogens (tertiary/aromatic N) is 1. The highest BCUT2D eigenvalue weighted by Gasteiger charge is 2.17. The number of nitrogens with two attached hydrogens (primary N) is 1. The van der Waals surface area contributed by atoms with Crippen molar-refractivity contribution in [3.63, 3.8) is 0 Å². The first kappa shape index (κ1) is 14.6. The molecule has 0 aromatic heterocycles. The van der Waals surface area contributed by atoms with Crippen LogP contribution in [0.3, 0.4) is 0 Å². The summed E-state index contributed by atoms with van der Waals surface area (Å²) in [6.45, 7) is 1.24. The summed E-state index contributed by atoms with van der Waals surface area (Å²) in [6, 6.07) is 5.51. The molecule has 20 heavy (non-hydrogen) atoms. The largest absolute Gasteiger partial charge is 0.409 e. The number of halogens is 1. The Morgan fingerprint density at radius 2 is 2.40 bits per heavy atom. The van der Waals surface area contributed by atoms with Gasteiger partial charge < -0.3 is 21.6 Å². The lowest BCUT2D eigenvalue weighted by atomic mass is 10.1. The maximum atomic E-state index is 11.1. The smallest absolute Gasteiger partial charge is 0.220 e. The van der Waals surface area contributed by atoms with Crippen molar-refractivity contribution in [2.75, 3.05) is 6.54 Å². The van der Waals surface area contributed by atoms with Crippen LogP contribution in [0, 0.1) is 0 Å². The average Bonchev–Trinajstić information content (AvgIpc) is 2.46. The van der Waals surface area contributed by atoms with Crippen molar-refractivity contribution in [2.45, 2.75) is 25.4 Å². The van der Waals surface area contributed by atoms with Crippen molar-refractivity contribution in [3.8, 4) is 0 Å². The SMILES string of the molecule is N/C(=N/O)c1ccc(CNC2CCC(=O)NC2)c(Cl)c1. The van der Waals surface area contributed by atoms with Crippen LogP contribution in [0.2, 0.25) is 5.02 Å². The van der Waals surface area contributed by atoms with Crippen LogP contribution < -0.4 is 16.4 Å². The lowest BCUT2D eigenvalue weighted by Crippen LogP contribution is -2.45. The molecule has 1 amide bonds. The van der Waals surface area contributed by atoms with Crippen molar-refractivity contribution < 1.29 is 10.0 Å². The molecule has 1 aliphatic rings. The average molecular weight is 297 g/mol. The molecule has 1 aromatic carbocycles. The number of carbonyl (C=O) groups excluding carboxylic acids is 1. The zero-order valence-electron chi connectivity index (χ0n) is 10.9. The highest BCUT2D eigenvalue weighted by Crippen LogP contribution is 2.18. The Morgan fingerprint density at radius 3 is 3.00 bits per heavy atom. The minimum Gasteiger partial charge on any atom is -0.409 e. The first-order valence-electron chi connectivity index (χ1n) is 6.36. The Bertz CT molecular complexity index is 523. The summed E-state index contributed by atoms with van der Waals surface area (Å²) >= 11 is 6.17. The van der Waals surface area contributed by atoms with Gasteiger partial charge in [0.15, 0.2) is 5.84 Å². The van der Waals surface area contributed by atoms with Gasteiger partial charge in [0.25, 0.3) is 0 Å². The first-order valence-corrected chi connectivity index (χ1v) is 6.74.